The van der Waals surface area contributed by atoms with E-state index in [1.54, 1.807) is 24.3 Å². The second-order valence-corrected chi connectivity index (χ2v) is 6.37. The van der Waals surface area contributed by atoms with Crippen molar-refractivity contribution in [2.24, 2.45) is 5.10 Å². The van der Waals surface area contributed by atoms with E-state index in [0.29, 0.717) is 28.1 Å². The number of rotatable bonds is 6. The van der Waals surface area contributed by atoms with Crippen molar-refractivity contribution in [3.8, 4) is 11.3 Å². The number of hydrogen-bond acceptors (Lipinski definition) is 7. The van der Waals surface area contributed by atoms with Gasteiger partial charge in [0.25, 0.3) is 5.69 Å². The second-order valence-electron chi connectivity index (χ2n) is 6.37. The Balaban J connectivity index is 1.43. The summed E-state index contributed by atoms with van der Waals surface area (Å²) in [6, 6.07) is 14.9. The van der Waals surface area contributed by atoms with Crippen molar-refractivity contribution < 1.29 is 28.5 Å². The molecule has 0 atom stereocenters. The zero-order valence-electron chi connectivity index (χ0n) is 15.6. The first kappa shape index (κ1) is 19.6. The largest absolute Gasteiger partial charge is 0.478 e. The molecule has 0 saturated carbocycles. The first-order chi connectivity index (χ1) is 14.9. The Morgan fingerprint density at radius 1 is 1.03 bits per heavy atom. The Hall–Kier alpha value is -4.73. The average molecular weight is 419 g/mol. The predicted molar refractivity (Wildman–Crippen MR) is 109 cm³/mol. The molecule has 0 spiro atoms. The van der Waals surface area contributed by atoms with Gasteiger partial charge in [0.2, 0.25) is 0 Å². The first-order valence-corrected chi connectivity index (χ1v) is 8.86. The van der Waals surface area contributed by atoms with E-state index >= 15 is 0 Å². The van der Waals surface area contributed by atoms with Crippen LogP contribution in [0.4, 0.5) is 5.69 Å². The highest BCUT2D eigenvalue weighted by atomic mass is 16.6. The fourth-order valence-electron chi connectivity index (χ4n) is 2.82. The maximum atomic E-state index is 12.2. The summed E-state index contributed by atoms with van der Waals surface area (Å²) in [6.45, 7) is 0. The van der Waals surface area contributed by atoms with Gasteiger partial charge < -0.3 is 13.9 Å². The summed E-state index contributed by atoms with van der Waals surface area (Å²) in [6.07, 6.45) is 1.29. The minimum absolute atomic E-state index is 0.0497. The number of nitro benzene ring substituents is 1. The summed E-state index contributed by atoms with van der Waals surface area (Å²) < 4.78 is 11.0. The minimum atomic E-state index is -1.02. The fraction of sp³-hybridized carbons (Fsp3) is 0. The molecule has 0 aliphatic heterocycles. The number of nitrogens with one attached hydrogen (secondary N) is 1. The minimum Gasteiger partial charge on any atom is -0.478 e. The Morgan fingerprint density at radius 2 is 1.81 bits per heavy atom. The molecule has 4 aromatic rings. The van der Waals surface area contributed by atoms with Gasteiger partial charge >= 0.3 is 11.9 Å². The van der Waals surface area contributed by atoms with Gasteiger partial charge in [-0.15, -0.1) is 0 Å². The van der Waals surface area contributed by atoms with E-state index in [9.17, 15) is 19.7 Å². The lowest BCUT2D eigenvalue weighted by Gasteiger charge is -1.98. The number of hydrazone groups is 1. The number of non-ortho nitro benzene ring substituents is 1. The van der Waals surface area contributed by atoms with Crippen LogP contribution in [-0.4, -0.2) is 28.1 Å². The van der Waals surface area contributed by atoms with Crippen LogP contribution in [0.3, 0.4) is 0 Å². The van der Waals surface area contributed by atoms with Crippen molar-refractivity contribution in [3.63, 3.8) is 0 Å². The Bertz CT molecular complexity index is 1330. The number of carbonyl (C=O) groups excluding carboxylic acids is 1. The molecule has 2 aromatic heterocycles. The highest BCUT2D eigenvalue weighted by Crippen LogP contribution is 2.24. The lowest BCUT2D eigenvalue weighted by atomic mass is 10.1. The van der Waals surface area contributed by atoms with Crippen LogP contribution in [0.15, 0.2) is 74.6 Å². The standard InChI is InChI=1S/C21H13N3O7/c25-20(19-10-14-9-15(24(28)29)5-7-18(14)31-19)23-22-11-16-6-8-17(30-16)12-1-3-13(4-2-12)21(26)27/h1-11H,(H,23,25)(H,26,27)/b22-11+. The molecule has 10 nitrogen and oxygen atoms in total. The van der Waals surface area contributed by atoms with Crippen LogP contribution < -0.4 is 5.43 Å². The highest BCUT2D eigenvalue weighted by Gasteiger charge is 2.14. The smallest absolute Gasteiger partial charge is 0.335 e. The maximum Gasteiger partial charge on any atom is 0.335 e. The van der Waals surface area contributed by atoms with Gasteiger partial charge in [-0.2, -0.15) is 5.10 Å². The molecule has 0 radical (unpaired) electrons. The molecule has 4 rings (SSSR count). The van der Waals surface area contributed by atoms with Gasteiger partial charge in [0.1, 0.15) is 17.1 Å². The van der Waals surface area contributed by atoms with Crippen LogP contribution in [0.5, 0.6) is 0 Å². The Kier molecular flexibility index (Phi) is 5.02. The van der Waals surface area contributed by atoms with Crippen LogP contribution in [-0.2, 0) is 0 Å². The SMILES string of the molecule is O=C(O)c1ccc(-c2ccc(/C=N/NC(=O)c3cc4cc([N+](=O)[O-])ccc4o3)o2)cc1. The van der Waals surface area contributed by atoms with E-state index in [1.165, 1.54) is 42.6 Å². The van der Waals surface area contributed by atoms with Crippen molar-refractivity contribution in [1.29, 1.82) is 0 Å². The summed E-state index contributed by atoms with van der Waals surface area (Å²) in [4.78, 5) is 33.4. The Labute approximate surface area is 173 Å². The van der Waals surface area contributed by atoms with Gasteiger partial charge in [-0.1, -0.05) is 12.1 Å². The lowest BCUT2D eigenvalue weighted by Crippen LogP contribution is -2.16. The first-order valence-electron chi connectivity index (χ1n) is 8.86. The van der Waals surface area contributed by atoms with Gasteiger partial charge in [-0.25, -0.2) is 10.2 Å². The van der Waals surface area contributed by atoms with Gasteiger partial charge in [0.15, 0.2) is 5.76 Å². The molecule has 2 heterocycles. The zero-order valence-corrected chi connectivity index (χ0v) is 15.6. The third-order valence-electron chi connectivity index (χ3n) is 4.34. The number of carboxylic acid groups (broad SMARTS) is 1. The summed E-state index contributed by atoms with van der Waals surface area (Å²) in [7, 11) is 0. The number of amides is 1. The van der Waals surface area contributed by atoms with Crippen molar-refractivity contribution in [1.82, 2.24) is 5.43 Å². The quantitative estimate of drug-likeness (QED) is 0.272. The highest BCUT2D eigenvalue weighted by molar-refractivity contribution is 5.97. The number of nitrogens with zero attached hydrogens (tertiary/aromatic N) is 2. The molecule has 0 fully saturated rings. The summed E-state index contributed by atoms with van der Waals surface area (Å²) in [5.41, 5.74) is 3.37. The molecular formula is C21H13N3O7. The number of benzene rings is 2. The molecule has 0 aliphatic rings. The fourth-order valence-corrected chi connectivity index (χ4v) is 2.82. The third-order valence-corrected chi connectivity index (χ3v) is 4.34. The van der Waals surface area contributed by atoms with Crippen molar-refractivity contribution in [3.05, 3.63) is 87.9 Å². The summed E-state index contributed by atoms with van der Waals surface area (Å²) >= 11 is 0. The number of carbonyl (C=O) groups is 2. The lowest BCUT2D eigenvalue weighted by molar-refractivity contribution is -0.384. The topological polar surface area (TPSA) is 148 Å². The zero-order chi connectivity index (χ0) is 22.0. The van der Waals surface area contributed by atoms with Crippen molar-refractivity contribution in [2.75, 3.05) is 0 Å². The summed E-state index contributed by atoms with van der Waals surface area (Å²) in [5, 5.41) is 24.0. The van der Waals surface area contributed by atoms with Crippen molar-refractivity contribution in [2.45, 2.75) is 0 Å². The van der Waals surface area contributed by atoms with E-state index in [1.807, 2.05) is 0 Å². The number of aromatic carboxylic acids is 1. The monoisotopic (exact) mass is 419 g/mol. The molecule has 0 aliphatic carbocycles. The maximum absolute atomic E-state index is 12.2. The normalized spacial score (nSPS) is 11.1. The molecule has 0 unspecified atom stereocenters. The van der Waals surface area contributed by atoms with E-state index in [4.69, 9.17) is 13.9 Å². The molecule has 2 N–H and O–H groups in total. The number of fused-ring (bicyclic) bond motifs is 1. The Morgan fingerprint density at radius 3 is 2.52 bits per heavy atom. The van der Waals surface area contributed by atoms with Gasteiger partial charge in [0.05, 0.1) is 16.7 Å². The summed E-state index contributed by atoms with van der Waals surface area (Å²) in [5.74, 6) is -0.837. The average Bonchev–Trinajstić information content (AvgIpc) is 3.40. The molecule has 2 aromatic carbocycles. The number of carboxylic acids is 1. The number of nitro groups is 1. The van der Waals surface area contributed by atoms with Gasteiger partial charge in [-0.3, -0.25) is 14.9 Å². The van der Waals surface area contributed by atoms with Crippen molar-refractivity contribution >= 4 is 34.7 Å². The van der Waals surface area contributed by atoms with Crippen LogP contribution in [0.1, 0.15) is 26.7 Å². The molecule has 1 amide bonds. The molecule has 0 bridgehead atoms. The van der Waals surface area contributed by atoms with Crippen LogP contribution in [0.2, 0.25) is 0 Å². The van der Waals surface area contributed by atoms with Crippen LogP contribution in [0.25, 0.3) is 22.3 Å². The number of hydrogen-bond donors (Lipinski definition) is 2. The second kappa shape index (κ2) is 7.95. The third kappa shape index (κ3) is 4.17. The van der Waals surface area contributed by atoms with Crippen LogP contribution in [0, 0.1) is 10.1 Å². The molecule has 154 valence electrons. The van der Waals surface area contributed by atoms with Crippen LogP contribution >= 0.6 is 0 Å². The predicted octanol–water partition coefficient (Wildman–Crippen LogP) is 4.06. The van der Waals surface area contributed by atoms with E-state index < -0.39 is 16.8 Å². The number of furan rings is 2. The molecular weight excluding hydrogens is 406 g/mol. The van der Waals surface area contributed by atoms with Gasteiger partial charge in [0, 0.05) is 23.1 Å². The molecule has 10 heteroatoms. The molecule has 0 saturated heterocycles. The molecule has 31 heavy (non-hydrogen) atoms. The van der Waals surface area contributed by atoms with Gasteiger partial charge in [-0.05, 0) is 36.4 Å². The van der Waals surface area contributed by atoms with E-state index in [0.717, 1.165) is 0 Å². The van der Waals surface area contributed by atoms with E-state index in [2.05, 4.69) is 10.5 Å². The van der Waals surface area contributed by atoms with E-state index in [-0.39, 0.29) is 17.0 Å².